The third kappa shape index (κ3) is 2.55. The monoisotopic (exact) mass is 291 g/mol. The van der Waals surface area contributed by atoms with E-state index in [1.807, 2.05) is 17.7 Å². The first-order chi connectivity index (χ1) is 9.93. The average Bonchev–Trinajstić information content (AvgIpc) is 3.20. The first-order valence-corrected chi connectivity index (χ1v) is 7.83. The lowest BCUT2D eigenvalue weighted by Crippen LogP contribution is -2.62. The van der Waals surface area contributed by atoms with Gasteiger partial charge in [-0.3, -0.25) is 4.79 Å². The fraction of sp³-hybridized carbons (Fsp3) is 0.688. The maximum absolute atomic E-state index is 12.5. The van der Waals surface area contributed by atoms with Crippen LogP contribution in [-0.2, 0) is 4.74 Å². The van der Waals surface area contributed by atoms with Gasteiger partial charge in [-0.25, -0.2) is 0 Å². The van der Waals surface area contributed by atoms with E-state index in [-0.39, 0.29) is 23.5 Å². The van der Waals surface area contributed by atoms with Gasteiger partial charge in [-0.15, -0.1) is 0 Å². The molecular formula is C16H25N3O2. The van der Waals surface area contributed by atoms with Crippen LogP contribution in [0.15, 0.2) is 12.3 Å². The fourth-order valence-electron chi connectivity index (χ4n) is 3.18. The molecule has 21 heavy (non-hydrogen) atoms. The maximum Gasteiger partial charge on any atom is 0.268 e. The van der Waals surface area contributed by atoms with Gasteiger partial charge in [0, 0.05) is 30.3 Å². The highest BCUT2D eigenvalue weighted by Crippen LogP contribution is 2.43. The van der Waals surface area contributed by atoms with Crippen molar-refractivity contribution in [3.8, 4) is 0 Å². The molecule has 2 fully saturated rings. The van der Waals surface area contributed by atoms with Crippen LogP contribution in [0.1, 0.15) is 56.6 Å². The molecule has 0 radical (unpaired) electrons. The highest BCUT2D eigenvalue weighted by Gasteiger charge is 2.49. The van der Waals surface area contributed by atoms with E-state index in [0.717, 1.165) is 25.9 Å². The Bertz CT molecular complexity index is 546. The van der Waals surface area contributed by atoms with Crippen LogP contribution in [0.2, 0.25) is 0 Å². The second-order valence-electron chi connectivity index (χ2n) is 6.82. The molecule has 2 saturated carbocycles. The number of hydrogen-bond donors (Lipinski definition) is 2. The molecule has 2 unspecified atom stereocenters. The lowest BCUT2D eigenvalue weighted by atomic mass is 9.64. The van der Waals surface area contributed by atoms with Crippen LogP contribution in [0, 0.1) is 5.41 Å². The summed E-state index contributed by atoms with van der Waals surface area (Å²) in [6.07, 6.45) is 5.26. The Hall–Kier alpha value is -1.49. The van der Waals surface area contributed by atoms with Gasteiger partial charge in [0.15, 0.2) is 0 Å². The van der Waals surface area contributed by atoms with E-state index in [0.29, 0.717) is 17.4 Å². The SMILES string of the molecule is CCOC1CC(NC(=O)c2cc(N)cn2C2CC2)C1(C)C. The summed E-state index contributed by atoms with van der Waals surface area (Å²) in [5.74, 6) is -0.0216. The number of aromatic nitrogens is 1. The van der Waals surface area contributed by atoms with Crippen molar-refractivity contribution in [2.24, 2.45) is 5.41 Å². The average molecular weight is 291 g/mol. The van der Waals surface area contributed by atoms with Crippen LogP contribution in [0.5, 0.6) is 0 Å². The van der Waals surface area contributed by atoms with E-state index < -0.39 is 0 Å². The van der Waals surface area contributed by atoms with E-state index in [2.05, 4.69) is 19.2 Å². The molecule has 0 aliphatic heterocycles. The van der Waals surface area contributed by atoms with Gasteiger partial charge in [0.25, 0.3) is 5.91 Å². The van der Waals surface area contributed by atoms with Gasteiger partial charge < -0.3 is 20.4 Å². The molecule has 5 heteroatoms. The zero-order valence-corrected chi connectivity index (χ0v) is 13.1. The molecule has 3 N–H and O–H groups in total. The summed E-state index contributed by atoms with van der Waals surface area (Å²) in [6, 6.07) is 2.39. The minimum atomic E-state index is -0.0216. The van der Waals surface area contributed by atoms with Crippen LogP contribution in [0.4, 0.5) is 5.69 Å². The second kappa shape index (κ2) is 5.05. The predicted molar refractivity (Wildman–Crippen MR) is 82.2 cm³/mol. The topological polar surface area (TPSA) is 69.3 Å². The van der Waals surface area contributed by atoms with Crippen LogP contribution >= 0.6 is 0 Å². The second-order valence-corrected chi connectivity index (χ2v) is 6.82. The zero-order valence-electron chi connectivity index (χ0n) is 13.1. The molecule has 0 saturated heterocycles. The third-order valence-corrected chi connectivity index (χ3v) is 4.89. The number of nitrogen functional groups attached to an aromatic ring is 1. The number of rotatable bonds is 5. The fourth-order valence-corrected chi connectivity index (χ4v) is 3.18. The number of ether oxygens (including phenoxy) is 1. The van der Waals surface area contributed by atoms with E-state index >= 15 is 0 Å². The molecule has 0 aromatic carbocycles. The molecular weight excluding hydrogens is 266 g/mol. The summed E-state index contributed by atoms with van der Waals surface area (Å²) >= 11 is 0. The van der Waals surface area contributed by atoms with Crippen LogP contribution < -0.4 is 11.1 Å². The van der Waals surface area contributed by atoms with Gasteiger partial charge in [-0.2, -0.15) is 0 Å². The first kappa shape index (κ1) is 14.4. The highest BCUT2D eigenvalue weighted by molar-refractivity contribution is 5.94. The zero-order chi connectivity index (χ0) is 15.2. The molecule has 3 rings (SSSR count). The van der Waals surface area contributed by atoms with Gasteiger partial charge in [0.1, 0.15) is 5.69 Å². The number of nitrogens with zero attached hydrogens (tertiary/aromatic N) is 1. The summed E-state index contributed by atoms with van der Waals surface area (Å²) in [6.45, 7) is 7.02. The Morgan fingerprint density at radius 1 is 1.52 bits per heavy atom. The number of nitrogens with one attached hydrogen (secondary N) is 1. The lowest BCUT2D eigenvalue weighted by molar-refractivity contribution is -0.111. The van der Waals surface area contributed by atoms with Gasteiger partial charge in [0.05, 0.1) is 11.8 Å². The Kier molecular flexibility index (Phi) is 3.48. The Balaban J connectivity index is 1.68. The molecule has 2 atom stereocenters. The Morgan fingerprint density at radius 2 is 2.24 bits per heavy atom. The highest BCUT2D eigenvalue weighted by atomic mass is 16.5. The van der Waals surface area contributed by atoms with Crippen LogP contribution in [0.3, 0.4) is 0 Å². The molecule has 2 aliphatic carbocycles. The summed E-state index contributed by atoms with van der Waals surface area (Å²) in [5, 5.41) is 3.15. The van der Waals surface area contributed by atoms with Crippen molar-refractivity contribution in [3.05, 3.63) is 18.0 Å². The van der Waals surface area contributed by atoms with Crippen molar-refractivity contribution < 1.29 is 9.53 Å². The Morgan fingerprint density at radius 3 is 2.81 bits per heavy atom. The van der Waals surface area contributed by atoms with Crippen LogP contribution in [0.25, 0.3) is 0 Å². The summed E-state index contributed by atoms with van der Waals surface area (Å²) < 4.78 is 7.73. The molecule has 116 valence electrons. The molecule has 0 bridgehead atoms. The lowest BCUT2D eigenvalue weighted by Gasteiger charge is -2.51. The standard InChI is InChI=1S/C16H25N3O2/c1-4-21-14-8-13(16(14,2)3)18-15(20)12-7-10(17)9-19(12)11-5-6-11/h7,9,11,13-14H,4-6,8,17H2,1-3H3,(H,18,20). The quantitative estimate of drug-likeness (QED) is 0.875. The maximum atomic E-state index is 12.5. The smallest absolute Gasteiger partial charge is 0.268 e. The third-order valence-electron chi connectivity index (χ3n) is 4.89. The van der Waals surface area contributed by atoms with E-state index in [4.69, 9.17) is 10.5 Å². The minimum Gasteiger partial charge on any atom is -0.397 e. The molecule has 1 heterocycles. The van der Waals surface area contributed by atoms with Crippen molar-refractivity contribution in [1.82, 2.24) is 9.88 Å². The van der Waals surface area contributed by atoms with Crippen molar-refractivity contribution in [2.45, 2.75) is 58.2 Å². The minimum absolute atomic E-state index is 0.0196. The van der Waals surface area contributed by atoms with Crippen molar-refractivity contribution in [3.63, 3.8) is 0 Å². The molecule has 1 aromatic rings. The summed E-state index contributed by atoms with van der Waals surface area (Å²) in [5.41, 5.74) is 7.18. The summed E-state index contributed by atoms with van der Waals surface area (Å²) in [4.78, 5) is 12.5. The van der Waals surface area contributed by atoms with Gasteiger partial charge in [-0.1, -0.05) is 13.8 Å². The van der Waals surface area contributed by atoms with Crippen LogP contribution in [-0.4, -0.2) is 29.2 Å². The molecule has 1 amide bonds. The number of hydrogen-bond acceptors (Lipinski definition) is 3. The van der Waals surface area contributed by atoms with E-state index in [9.17, 15) is 4.79 Å². The van der Waals surface area contributed by atoms with Gasteiger partial charge in [0.2, 0.25) is 0 Å². The summed E-state index contributed by atoms with van der Waals surface area (Å²) in [7, 11) is 0. The largest absolute Gasteiger partial charge is 0.397 e. The molecule has 5 nitrogen and oxygen atoms in total. The van der Waals surface area contributed by atoms with Crippen molar-refractivity contribution in [2.75, 3.05) is 12.3 Å². The number of amides is 1. The predicted octanol–water partition coefficient (Wildman–Crippen LogP) is 2.34. The molecule has 2 aliphatic rings. The van der Waals surface area contributed by atoms with E-state index in [1.165, 1.54) is 0 Å². The number of carbonyl (C=O) groups excluding carboxylic acids is 1. The number of nitrogens with two attached hydrogens (primary N) is 1. The van der Waals surface area contributed by atoms with Crippen molar-refractivity contribution in [1.29, 1.82) is 0 Å². The first-order valence-electron chi connectivity index (χ1n) is 7.83. The van der Waals surface area contributed by atoms with Gasteiger partial charge in [-0.05, 0) is 32.3 Å². The normalized spacial score (nSPS) is 27.2. The molecule has 1 aromatic heterocycles. The number of anilines is 1. The van der Waals surface area contributed by atoms with E-state index in [1.54, 1.807) is 6.07 Å². The van der Waals surface area contributed by atoms with Gasteiger partial charge >= 0.3 is 0 Å². The van der Waals surface area contributed by atoms with Crippen molar-refractivity contribution >= 4 is 11.6 Å². The molecule has 0 spiro atoms. The Labute approximate surface area is 125 Å². The number of carbonyl (C=O) groups is 1.